The minimum Gasteiger partial charge on any atom is -0.504 e. The summed E-state index contributed by atoms with van der Waals surface area (Å²) in [4.78, 5) is 12.5. The fraction of sp³-hybridized carbons (Fsp3) is 0.462. The quantitative estimate of drug-likeness (QED) is 0.580. The number of hydrogen-bond acceptors (Lipinski definition) is 3. The number of hydrogen-bond donors (Lipinski definition) is 3. The number of phenolic OH excluding ortho intramolecular Hbond substituents is 2. The summed E-state index contributed by atoms with van der Waals surface area (Å²) in [5.74, 6) is -0.961. The predicted octanol–water partition coefficient (Wildman–Crippen LogP) is 2.53. The van der Waals surface area contributed by atoms with Crippen LogP contribution in [-0.2, 0) is 0 Å². The van der Waals surface area contributed by atoms with E-state index in [1.54, 1.807) is 6.07 Å². The third-order valence-electron chi connectivity index (χ3n) is 3.25. The van der Waals surface area contributed by atoms with E-state index >= 15 is 0 Å². The highest BCUT2D eigenvalue weighted by molar-refractivity contribution is 9.09. The molecule has 1 saturated carbocycles. The lowest BCUT2D eigenvalue weighted by Gasteiger charge is -2.26. The first-order valence-corrected chi connectivity index (χ1v) is 6.95. The van der Waals surface area contributed by atoms with Gasteiger partial charge in [-0.1, -0.05) is 22.0 Å². The van der Waals surface area contributed by atoms with E-state index in [0.29, 0.717) is 4.83 Å². The molecule has 4 nitrogen and oxygen atoms in total. The van der Waals surface area contributed by atoms with Gasteiger partial charge in [-0.25, -0.2) is 0 Å². The molecule has 1 aromatic rings. The summed E-state index contributed by atoms with van der Waals surface area (Å²) in [5.41, 5.74) is 0.121. The van der Waals surface area contributed by atoms with Gasteiger partial charge in [0, 0.05) is 10.9 Å². The first-order chi connectivity index (χ1) is 8.58. The summed E-state index contributed by atoms with van der Waals surface area (Å²) in [5, 5.41) is 21.9. The minimum atomic E-state index is -0.357. The van der Waals surface area contributed by atoms with E-state index in [1.807, 2.05) is 0 Å². The van der Waals surface area contributed by atoms with Crippen molar-refractivity contribution in [1.82, 2.24) is 5.32 Å². The van der Waals surface area contributed by atoms with Gasteiger partial charge >= 0.3 is 0 Å². The van der Waals surface area contributed by atoms with Crippen molar-refractivity contribution in [2.45, 2.75) is 36.6 Å². The molecule has 2 rings (SSSR count). The molecule has 0 unspecified atom stereocenters. The molecule has 18 heavy (non-hydrogen) atoms. The molecule has 0 heterocycles. The van der Waals surface area contributed by atoms with E-state index in [0.717, 1.165) is 25.7 Å². The Morgan fingerprint density at radius 2 is 1.89 bits per heavy atom. The highest BCUT2D eigenvalue weighted by Gasteiger charge is 2.22. The molecular formula is C13H16BrNO3. The van der Waals surface area contributed by atoms with Crippen molar-refractivity contribution in [2.24, 2.45) is 0 Å². The smallest absolute Gasteiger partial charge is 0.255 e. The second-order valence-corrected chi connectivity index (χ2v) is 5.89. The average Bonchev–Trinajstić information content (AvgIpc) is 2.35. The lowest BCUT2D eigenvalue weighted by atomic mass is 9.95. The number of carbonyl (C=O) groups is 1. The SMILES string of the molecule is O=C(NC1CCC(Br)CC1)c1cccc(O)c1O. The first-order valence-electron chi connectivity index (χ1n) is 6.04. The molecule has 0 aliphatic heterocycles. The van der Waals surface area contributed by atoms with Crippen LogP contribution in [0, 0.1) is 0 Å². The Labute approximate surface area is 114 Å². The third-order valence-corrected chi connectivity index (χ3v) is 4.17. The molecule has 0 atom stereocenters. The number of carbonyl (C=O) groups excluding carboxylic acids is 1. The van der Waals surface area contributed by atoms with E-state index in [4.69, 9.17) is 0 Å². The second-order valence-electron chi connectivity index (χ2n) is 4.60. The Balaban J connectivity index is 2.01. The van der Waals surface area contributed by atoms with Crippen molar-refractivity contribution in [1.29, 1.82) is 0 Å². The van der Waals surface area contributed by atoms with E-state index in [2.05, 4.69) is 21.2 Å². The normalized spacial score (nSPS) is 23.6. The van der Waals surface area contributed by atoms with Crippen LogP contribution in [0.5, 0.6) is 11.5 Å². The van der Waals surface area contributed by atoms with E-state index < -0.39 is 0 Å². The van der Waals surface area contributed by atoms with E-state index in [1.165, 1.54) is 12.1 Å². The average molecular weight is 314 g/mol. The molecule has 0 bridgehead atoms. The van der Waals surface area contributed by atoms with Gasteiger partial charge in [0.1, 0.15) is 0 Å². The summed E-state index contributed by atoms with van der Waals surface area (Å²) in [6.07, 6.45) is 3.94. The van der Waals surface area contributed by atoms with Gasteiger partial charge in [-0.2, -0.15) is 0 Å². The lowest BCUT2D eigenvalue weighted by Crippen LogP contribution is -2.37. The molecule has 0 aromatic heterocycles. The molecule has 98 valence electrons. The lowest BCUT2D eigenvalue weighted by molar-refractivity contribution is 0.0925. The second kappa shape index (κ2) is 5.61. The number of amides is 1. The van der Waals surface area contributed by atoms with Gasteiger partial charge in [-0.15, -0.1) is 0 Å². The van der Waals surface area contributed by atoms with Crippen LogP contribution in [0.2, 0.25) is 0 Å². The fourth-order valence-corrected chi connectivity index (χ4v) is 2.70. The number of para-hydroxylation sites is 1. The molecule has 1 aliphatic rings. The number of alkyl halides is 1. The molecule has 0 radical (unpaired) electrons. The van der Waals surface area contributed by atoms with Crippen LogP contribution in [0.3, 0.4) is 0 Å². The van der Waals surface area contributed by atoms with Crippen LogP contribution in [0.15, 0.2) is 18.2 Å². The molecule has 1 fully saturated rings. The monoisotopic (exact) mass is 313 g/mol. The largest absolute Gasteiger partial charge is 0.504 e. The Hall–Kier alpha value is -1.23. The molecule has 0 saturated heterocycles. The Morgan fingerprint density at radius 1 is 1.22 bits per heavy atom. The van der Waals surface area contributed by atoms with E-state index in [9.17, 15) is 15.0 Å². The molecular weight excluding hydrogens is 298 g/mol. The Morgan fingerprint density at radius 3 is 2.56 bits per heavy atom. The van der Waals surface area contributed by atoms with Crippen LogP contribution in [0.25, 0.3) is 0 Å². The highest BCUT2D eigenvalue weighted by atomic mass is 79.9. The molecule has 5 heteroatoms. The van der Waals surface area contributed by atoms with Crippen LogP contribution >= 0.6 is 15.9 Å². The maximum Gasteiger partial charge on any atom is 0.255 e. The van der Waals surface area contributed by atoms with Gasteiger partial charge in [-0.3, -0.25) is 4.79 Å². The van der Waals surface area contributed by atoms with Crippen LogP contribution in [0.4, 0.5) is 0 Å². The minimum absolute atomic E-state index is 0.121. The standard InChI is InChI=1S/C13H16BrNO3/c14-8-4-6-9(7-5-8)15-13(18)10-2-1-3-11(16)12(10)17/h1-3,8-9,16-17H,4-7H2,(H,15,18). The van der Waals surface area contributed by atoms with Crippen molar-refractivity contribution in [2.75, 3.05) is 0 Å². The maximum absolute atomic E-state index is 12.0. The summed E-state index contributed by atoms with van der Waals surface area (Å²) in [7, 11) is 0. The van der Waals surface area contributed by atoms with Crippen molar-refractivity contribution in [3.8, 4) is 11.5 Å². The van der Waals surface area contributed by atoms with Gasteiger partial charge < -0.3 is 15.5 Å². The van der Waals surface area contributed by atoms with Gasteiger partial charge in [-0.05, 0) is 37.8 Å². The summed E-state index contributed by atoms with van der Waals surface area (Å²) in [6, 6.07) is 4.54. The summed E-state index contributed by atoms with van der Waals surface area (Å²) >= 11 is 3.56. The van der Waals surface area contributed by atoms with Gasteiger partial charge in [0.05, 0.1) is 5.56 Å². The molecule has 1 aliphatic carbocycles. The Kier molecular flexibility index (Phi) is 4.11. The number of halogens is 1. The number of benzene rings is 1. The van der Waals surface area contributed by atoms with Gasteiger partial charge in [0.25, 0.3) is 5.91 Å². The molecule has 1 aromatic carbocycles. The van der Waals surface area contributed by atoms with Gasteiger partial charge in [0.15, 0.2) is 11.5 Å². The number of rotatable bonds is 2. The van der Waals surface area contributed by atoms with Crippen molar-refractivity contribution >= 4 is 21.8 Å². The topological polar surface area (TPSA) is 69.6 Å². The summed E-state index contributed by atoms with van der Waals surface area (Å²) < 4.78 is 0. The first kappa shape index (κ1) is 13.2. The van der Waals surface area contributed by atoms with Crippen LogP contribution in [0.1, 0.15) is 36.0 Å². The zero-order valence-electron chi connectivity index (χ0n) is 9.90. The van der Waals surface area contributed by atoms with Crippen molar-refractivity contribution < 1.29 is 15.0 Å². The van der Waals surface area contributed by atoms with Crippen molar-refractivity contribution in [3.63, 3.8) is 0 Å². The fourth-order valence-electron chi connectivity index (χ4n) is 2.17. The van der Waals surface area contributed by atoms with E-state index in [-0.39, 0.29) is 29.0 Å². The number of phenols is 2. The number of nitrogens with one attached hydrogen (secondary N) is 1. The van der Waals surface area contributed by atoms with Crippen LogP contribution in [-0.4, -0.2) is 27.0 Å². The van der Waals surface area contributed by atoms with Gasteiger partial charge in [0.2, 0.25) is 0 Å². The Bertz CT molecular complexity index is 442. The third kappa shape index (κ3) is 2.96. The predicted molar refractivity (Wildman–Crippen MR) is 72.2 cm³/mol. The molecule has 0 spiro atoms. The van der Waals surface area contributed by atoms with Crippen LogP contribution < -0.4 is 5.32 Å². The number of aromatic hydroxyl groups is 2. The molecule has 3 N–H and O–H groups in total. The highest BCUT2D eigenvalue weighted by Crippen LogP contribution is 2.29. The van der Waals surface area contributed by atoms with Crippen molar-refractivity contribution in [3.05, 3.63) is 23.8 Å². The maximum atomic E-state index is 12.0. The summed E-state index contributed by atoms with van der Waals surface area (Å²) in [6.45, 7) is 0. The zero-order valence-corrected chi connectivity index (χ0v) is 11.5. The zero-order chi connectivity index (χ0) is 13.1. The molecule has 1 amide bonds.